The molecule has 4 rings (SSSR count). The van der Waals surface area contributed by atoms with Crippen molar-refractivity contribution in [3.8, 4) is 0 Å². The molecule has 6 atom stereocenters. The van der Waals surface area contributed by atoms with E-state index < -0.39 is 0 Å². The summed E-state index contributed by atoms with van der Waals surface area (Å²) in [6.45, 7) is 7.88. The van der Waals surface area contributed by atoms with E-state index in [0.717, 1.165) is 30.1 Å². The Bertz CT molecular complexity index is 530. The van der Waals surface area contributed by atoms with Gasteiger partial charge in [-0.1, -0.05) is 32.9 Å². The predicted octanol–water partition coefficient (Wildman–Crippen LogP) is 5.11. The summed E-state index contributed by atoms with van der Waals surface area (Å²) in [6.07, 6.45) is 14.3. The van der Waals surface area contributed by atoms with Crippen LogP contribution in [0.25, 0.3) is 0 Å². The highest BCUT2D eigenvalue weighted by atomic mass is 16.3. The van der Waals surface area contributed by atoms with Crippen LogP contribution in [-0.2, 0) is 0 Å². The summed E-state index contributed by atoms with van der Waals surface area (Å²) in [4.78, 5) is 0. The van der Waals surface area contributed by atoms with Crippen LogP contribution in [0.4, 0.5) is 0 Å². The summed E-state index contributed by atoms with van der Waals surface area (Å²) in [7, 11) is 0. The number of hydrogen-bond donors (Lipinski definition) is 1. The first kappa shape index (κ1) is 15.0. The van der Waals surface area contributed by atoms with Crippen molar-refractivity contribution in [1.29, 1.82) is 0 Å². The quantitative estimate of drug-likeness (QED) is 0.713. The van der Waals surface area contributed by atoms with Crippen LogP contribution in [0.2, 0.25) is 0 Å². The van der Waals surface area contributed by atoms with Crippen LogP contribution >= 0.6 is 0 Å². The maximum absolute atomic E-state index is 9.49. The van der Waals surface area contributed by atoms with Gasteiger partial charge in [-0.2, -0.15) is 0 Å². The maximum Gasteiger partial charge on any atom is 0.0644 e. The Balaban J connectivity index is 1.69. The zero-order valence-electron chi connectivity index (χ0n) is 14.6. The van der Waals surface area contributed by atoms with Gasteiger partial charge in [-0.3, -0.25) is 0 Å². The summed E-state index contributed by atoms with van der Waals surface area (Å²) >= 11 is 0. The minimum absolute atomic E-state index is 0.250. The zero-order valence-corrected chi connectivity index (χ0v) is 14.6. The molecule has 3 unspecified atom stereocenters. The lowest BCUT2D eigenvalue weighted by Crippen LogP contribution is -2.49. The molecule has 2 saturated carbocycles. The minimum atomic E-state index is 0.250. The van der Waals surface area contributed by atoms with E-state index in [2.05, 4.69) is 32.9 Å². The van der Waals surface area contributed by atoms with Crippen LogP contribution in [0, 0.1) is 34.5 Å². The van der Waals surface area contributed by atoms with Gasteiger partial charge in [0.05, 0.1) is 6.61 Å². The Hall–Kier alpha value is -0.560. The molecule has 1 N–H and O–H groups in total. The molecule has 0 spiro atoms. The lowest BCUT2D eigenvalue weighted by molar-refractivity contribution is -0.0331. The Morgan fingerprint density at radius 3 is 2.73 bits per heavy atom. The van der Waals surface area contributed by atoms with Gasteiger partial charge in [0.15, 0.2) is 0 Å². The van der Waals surface area contributed by atoms with Crippen molar-refractivity contribution in [1.82, 2.24) is 0 Å². The number of fused-ring (bicyclic) bond motifs is 5. The first-order valence-corrected chi connectivity index (χ1v) is 9.50. The summed E-state index contributed by atoms with van der Waals surface area (Å²) in [5, 5.41) is 9.49. The first-order valence-electron chi connectivity index (χ1n) is 9.50. The lowest BCUT2D eigenvalue weighted by atomic mass is 9.48. The van der Waals surface area contributed by atoms with E-state index in [1.807, 2.05) is 0 Å². The average Bonchev–Trinajstić information content (AvgIpc) is 2.82. The fourth-order valence-corrected chi connectivity index (χ4v) is 6.77. The van der Waals surface area contributed by atoms with E-state index in [0.29, 0.717) is 10.8 Å². The van der Waals surface area contributed by atoms with E-state index in [4.69, 9.17) is 0 Å². The largest absolute Gasteiger partial charge is 0.392 e. The van der Waals surface area contributed by atoms with E-state index in [-0.39, 0.29) is 6.61 Å². The SMILES string of the molecule is C[C@H]1CCC2C3CC=C4C=C(CO)CC[C@]4(C)C3CC[C@@]21C. The second-order valence-electron chi connectivity index (χ2n) is 9.17. The summed E-state index contributed by atoms with van der Waals surface area (Å²) in [5.74, 6) is 3.68. The van der Waals surface area contributed by atoms with Crippen LogP contribution in [0.15, 0.2) is 23.3 Å². The standard InChI is InChI=1S/C21H32O/c1-14-4-7-18-17-6-5-16-12-15(13-22)8-10-21(16,3)19(17)9-11-20(14,18)2/h5,12,14,17-19,22H,4,6-11,13H2,1-3H3/t14-,17?,18?,19?,20+,21-/m0/s1. The van der Waals surface area contributed by atoms with E-state index >= 15 is 0 Å². The van der Waals surface area contributed by atoms with Crippen molar-refractivity contribution in [3.05, 3.63) is 23.3 Å². The van der Waals surface area contributed by atoms with E-state index in [9.17, 15) is 5.11 Å². The third-order valence-electron chi connectivity index (χ3n) is 8.53. The van der Waals surface area contributed by atoms with Gasteiger partial charge < -0.3 is 5.11 Å². The highest BCUT2D eigenvalue weighted by Gasteiger charge is 2.57. The molecule has 0 heterocycles. The van der Waals surface area contributed by atoms with Gasteiger partial charge in [0.25, 0.3) is 0 Å². The van der Waals surface area contributed by atoms with E-state index in [1.54, 1.807) is 5.57 Å². The molecule has 0 saturated heterocycles. The van der Waals surface area contributed by atoms with Gasteiger partial charge in [0.2, 0.25) is 0 Å². The zero-order chi connectivity index (χ0) is 15.5. The second kappa shape index (κ2) is 4.97. The lowest BCUT2D eigenvalue weighted by Gasteiger charge is -2.57. The van der Waals surface area contributed by atoms with Crippen molar-refractivity contribution in [2.24, 2.45) is 34.5 Å². The van der Waals surface area contributed by atoms with Gasteiger partial charge in [0.1, 0.15) is 0 Å². The maximum atomic E-state index is 9.49. The summed E-state index contributed by atoms with van der Waals surface area (Å²) in [6, 6.07) is 0. The highest BCUT2D eigenvalue weighted by Crippen LogP contribution is 2.65. The molecule has 2 fully saturated rings. The number of aliphatic hydroxyl groups excluding tert-OH is 1. The third-order valence-corrected chi connectivity index (χ3v) is 8.53. The van der Waals surface area contributed by atoms with Crippen LogP contribution < -0.4 is 0 Å². The highest BCUT2D eigenvalue weighted by molar-refractivity contribution is 5.37. The van der Waals surface area contributed by atoms with Crippen molar-refractivity contribution >= 4 is 0 Å². The number of allylic oxidation sites excluding steroid dienone is 3. The monoisotopic (exact) mass is 300 g/mol. The average molecular weight is 300 g/mol. The van der Waals surface area contributed by atoms with E-state index in [1.165, 1.54) is 44.1 Å². The van der Waals surface area contributed by atoms with Gasteiger partial charge in [-0.15, -0.1) is 0 Å². The molecule has 4 aliphatic carbocycles. The predicted molar refractivity (Wildman–Crippen MR) is 91.4 cm³/mol. The second-order valence-corrected chi connectivity index (χ2v) is 9.17. The van der Waals surface area contributed by atoms with Crippen LogP contribution in [-0.4, -0.2) is 11.7 Å². The Kier molecular flexibility index (Phi) is 3.39. The molecule has 4 aliphatic rings. The Morgan fingerprint density at radius 1 is 1.14 bits per heavy atom. The van der Waals surface area contributed by atoms with Crippen LogP contribution in [0.1, 0.15) is 65.7 Å². The van der Waals surface area contributed by atoms with Gasteiger partial charge in [0, 0.05) is 0 Å². The molecular formula is C21H32O. The Labute approximate surface area is 135 Å². The number of aliphatic hydroxyl groups is 1. The fraction of sp³-hybridized carbons (Fsp3) is 0.810. The molecule has 0 aromatic rings. The summed E-state index contributed by atoms with van der Waals surface area (Å²) < 4.78 is 0. The molecular weight excluding hydrogens is 268 g/mol. The van der Waals surface area contributed by atoms with Gasteiger partial charge >= 0.3 is 0 Å². The molecule has 0 bridgehead atoms. The molecule has 1 heteroatoms. The van der Waals surface area contributed by atoms with Crippen LogP contribution in [0.5, 0.6) is 0 Å². The summed E-state index contributed by atoms with van der Waals surface area (Å²) in [5.41, 5.74) is 3.80. The number of hydrogen-bond acceptors (Lipinski definition) is 1. The molecule has 122 valence electrons. The molecule has 1 nitrogen and oxygen atoms in total. The molecule has 0 aromatic carbocycles. The molecule has 0 aromatic heterocycles. The number of rotatable bonds is 1. The minimum Gasteiger partial charge on any atom is -0.392 e. The smallest absolute Gasteiger partial charge is 0.0644 e. The first-order chi connectivity index (χ1) is 10.5. The van der Waals surface area contributed by atoms with Gasteiger partial charge in [-0.25, -0.2) is 0 Å². The van der Waals surface area contributed by atoms with Crippen molar-refractivity contribution in [3.63, 3.8) is 0 Å². The normalized spacial score (nSPS) is 50.5. The Morgan fingerprint density at radius 2 is 1.95 bits per heavy atom. The molecule has 0 aliphatic heterocycles. The molecule has 0 radical (unpaired) electrons. The molecule has 22 heavy (non-hydrogen) atoms. The van der Waals surface area contributed by atoms with Crippen molar-refractivity contribution in [2.75, 3.05) is 6.61 Å². The van der Waals surface area contributed by atoms with Crippen molar-refractivity contribution in [2.45, 2.75) is 65.7 Å². The van der Waals surface area contributed by atoms with Gasteiger partial charge in [-0.05, 0) is 90.6 Å². The molecule has 0 amide bonds. The van der Waals surface area contributed by atoms with Crippen LogP contribution in [0.3, 0.4) is 0 Å². The fourth-order valence-electron chi connectivity index (χ4n) is 6.77. The topological polar surface area (TPSA) is 20.2 Å². The third kappa shape index (κ3) is 1.87. The van der Waals surface area contributed by atoms with Crippen molar-refractivity contribution < 1.29 is 5.11 Å².